The Morgan fingerprint density at radius 1 is 1.14 bits per heavy atom. The van der Waals surface area contributed by atoms with Crippen molar-refractivity contribution < 1.29 is 13.2 Å². The molecule has 7 heteroatoms. The Hall–Kier alpha value is -1.70. The Morgan fingerprint density at radius 3 is 2.59 bits per heavy atom. The summed E-state index contributed by atoms with van der Waals surface area (Å²) in [5.41, 5.74) is 1.70. The fourth-order valence-electron chi connectivity index (χ4n) is 2.20. The third-order valence-electron chi connectivity index (χ3n) is 3.41. The van der Waals surface area contributed by atoms with Gasteiger partial charge in [0.05, 0.1) is 28.3 Å². The zero-order chi connectivity index (χ0) is 15.9. The summed E-state index contributed by atoms with van der Waals surface area (Å²) in [6, 6.07) is 10.9. The van der Waals surface area contributed by atoms with Crippen LogP contribution in [0.3, 0.4) is 0 Å². The van der Waals surface area contributed by atoms with E-state index >= 15 is 0 Å². The van der Waals surface area contributed by atoms with E-state index in [9.17, 15) is 8.42 Å². The van der Waals surface area contributed by atoms with E-state index < -0.39 is 10.0 Å². The van der Waals surface area contributed by atoms with E-state index in [1.54, 1.807) is 19.2 Å². The normalized spacial score (nSPS) is 13.3. The van der Waals surface area contributed by atoms with Gasteiger partial charge in [-0.05, 0) is 24.3 Å². The zero-order valence-electron chi connectivity index (χ0n) is 12.5. The number of nitrogens with one attached hydrogen (secondary N) is 1. The molecule has 0 fully saturated rings. The van der Waals surface area contributed by atoms with Gasteiger partial charge < -0.3 is 10.1 Å². The first kappa shape index (κ1) is 15.2. The Balaban J connectivity index is 2.11. The fraction of sp³-hybridized carbons (Fsp3) is 0.200. The van der Waals surface area contributed by atoms with E-state index in [0.29, 0.717) is 9.79 Å². The average Bonchev–Trinajstić information content (AvgIpc) is 2.51. The van der Waals surface area contributed by atoms with Crippen molar-refractivity contribution in [3.63, 3.8) is 0 Å². The molecule has 1 N–H and O–H groups in total. The fourth-order valence-corrected chi connectivity index (χ4v) is 4.60. The van der Waals surface area contributed by atoms with Crippen LogP contribution < -0.4 is 10.1 Å². The molecule has 5 nitrogen and oxygen atoms in total. The maximum Gasteiger partial charge on any atom is 0.243 e. The van der Waals surface area contributed by atoms with Gasteiger partial charge in [0.25, 0.3) is 0 Å². The highest BCUT2D eigenvalue weighted by Gasteiger charge is 2.27. The molecule has 1 heterocycles. The summed E-state index contributed by atoms with van der Waals surface area (Å²) in [6.07, 6.45) is 0. The topological polar surface area (TPSA) is 58.6 Å². The lowest BCUT2D eigenvalue weighted by molar-refractivity contribution is 0.414. The van der Waals surface area contributed by atoms with E-state index in [4.69, 9.17) is 4.74 Å². The van der Waals surface area contributed by atoms with E-state index in [1.165, 1.54) is 30.2 Å². The Bertz CT molecular complexity index is 833. The summed E-state index contributed by atoms with van der Waals surface area (Å²) in [7, 11) is 1.20. The molecule has 22 heavy (non-hydrogen) atoms. The molecule has 0 saturated heterocycles. The predicted molar refractivity (Wildman–Crippen MR) is 87.7 cm³/mol. The van der Waals surface area contributed by atoms with Crippen molar-refractivity contribution in [3.05, 3.63) is 36.4 Å². The third-order valence-corrected chi connectivity index (χ3v) is 6.61. The molecule has 0 spiro atoms. The maximum atomic E-state index is 12.5. The van der Waals surface area contributed by atoms with E-state index in [0.717, 1.165) is 22.0 Å². The molecule has 0 amide bonds. The Morgan fingerprint density at radius 2 is 1.91 bits per heavy atom. The van der Waals surface area contributed by atoms with Gasteiger partial charge in [-0.25, -0.2) is 12.7 Å². The Kier molecular flexibility index (Phi) is 3.80. The maximum absolute atomic E-state index is 12.5. The van der Waals surface area contributed by atoms with Gasteiger partial charge in [-0.15, -0.1) is 0 Å². The lowest BCUT2D eigenvalue weighted by Crippen LogP contribution is -2.23. The van der Waals surface area contributed by atoms with Gasteiger partial charge in [-0.2, -0.15) is 0 Å². The smallest absolute Gasteiger partial charge is 0.243 e. The largest absolute Gasteiger partial charge is 0.497 e. The molecule has 0 atom stereocenters. The lowest BCUT2D eigenvalue weighted by atomic mass is 10.2. The molecule has 0 aliphatic carbocycles. The number of nitrogens with zero attached hydrogens (tertiary/aromatic N) is 1. The van der Waals surface area contributed by atoms with E-state index in [1.807, 2.05) is 24.3 Å². The van der Waals surface area contributed by atoms with Gasteiger partial charge in [0, 0.05) is 25.1 Å². The highest BCUT2D eigenvalue weighted by molar-refractivity contribution is 8.00. The van der Waals surface area contributed by atoms with Crippen LogP contribution in [0.2, 0.25) is 0 Å². The molecule has 3 rings (SSSR count). The first-order valence-electron chi connectivity index (χ1n) is 6.62. The van der Waals surface area contributed by atoms with Gasteiger partial charge in [0.15, 0.2) is 0 Å². The van der Waals surface area contributed by atoms with Crippen molar-refractivity contribution in [1.29, 1.82) is 0 Å². The lowest BCUT2D eigenvalue weighted by Gasteiger charge is -2.24. The van der Waals surface area contributed by atoms with Crippen LogP contribution in [0.4, 0.5) is 11.4 Å². The summed E-state index contributed by atoms with van der Waals surface area (Å²) in [5, 5.41) is 3.28. The number of methoxy groups -OCH3 is 1. The van der Waals surface area contributed by atoms with E-state index in [-0.39, 0.29) is 0 Å². The molecule has 1 aliphatic rings. The second-order valence-electron chi connectivity index (χ2n) is 5.01. The van der Waals surface area contributed by atoms with Crippen molar-refractivity contribution >= 4 is 33.2 Å². The molecule has 1 aliphatic heterocycles. The minimum absolute atomic E-state index is 0.314. The minimum Gasteiger partial charge on any atom is -0.497 e. The van der Waals surface area contributed by atoms with Crippen LogP contribution >= 0.6 is 11.8 Å². The van der Waals surface area contributed by atoms with Gasteiger partial charge in [-0.1, -0.05) is 17.8 Å². The number of rotatable bonds is 3. The van der Waals surface area contributed by atoms with Crippen LogP contribution in [-0.4, -0.2) is 33.9 Å². The van der Waals surface area contributed by atoms with Crippen molar-refractivity contribution in [1.82, 2.24) is 4.31 Å². The summed E-state index contributed by atoms with van der Waals surface area (Å²) in [5.74, 6) is 0.757. The number of benzene rings is 2. The van der Waals surface area contributed by atoms with Crippen LogP contribution in [0.5, 0.6) is 5.75 Å². The molecular weight excluding hydrogens is 320 g/mol. The van der Waals surface area contributed by atoms with Crippen LogP contribution in [0.1, 0.15) is 0 Å². The van der Waals surface area contributed by atoms with E-state index in [2.05, 4.69) is 5.32 Å². The second kappa shape index (κ2) is 5.49. The quantitative estimate of drug-likeness (QED) is 0.796. The number of hydrogen-bond acceptors (Lipinski definition) is 5. The van der Waals surface area contributed by atoms with Crippen LogP contribution in [0.15, 0.2) is 51.1 Å². The number of hydrogen-bond donors (Lipinski definition) is 1. The zero-order valence-corrected chi connectivity index (χ0v) is 14.1. The first-order valence-corrected chi connectivity index (χ1v) is 8.87. The standard InChI is InChI=1S/C15H16N2O3S2/c1-17(2)22(18,19)14-6-4-5-11-15(14)21-13-8-7-10(20-3)9-12(13)16-11/h4-9,16H,1-3H3. The molecule has 2 aromatic carbocycles. The number of fused-ring (bicyclic) bond motifs is 2. The molecule has 0 bridgehead atoms. The number of ether oxygens (including phenoxy) is 1. The highest BCUT2D eigenvalue weighted by atomic mass is 32.2. The molecular formula is C15H16N2O3S2. The summed E-state index contributed by atoms with van der Waals surface area (Å²) in [6.45, 7) is 0. The molecule has 0 aromatic heterocycles. The van der Waals surface area contributed by atoms with Crippen LogP contribution in [-0.2, 0) is 10.0 Å². The molecule has 116 valence electrons. The van der Waals surface area contributed by atoms with Crippen molar-refractivity contribution in [3.8, 4) is 5.75 Å². The SMILES string of the molecule is COc1ccc2c(c1)Nc1cccc(S(=O)(=O)N(C)C)c1S2. The number of sulfonamides is 1. The Labute approximate surface area is 134 Å². The summed E-state index contributed by atoms with van der Waals surface area (Å²) < 4.78 is 31.4. The molecule has 0 radical (unpaired) electrons. The third kappa shape index (κ3) is 2.45. The van der Waals surface area contributed by atoms with Gasteiger partial charge >= 0.3 is 0 Å². The molecule has 0 unspecified atom stereocenters. The van der Waals surface area contributed by atoms with Crippen molar-refractivity contribution in [2.75, 3.05) is 26.5 Å². The van der Waals surface area contributed by atoms with Crippen LogP contribution in [0, 0.1) is 0 Å². The van der Waals surface area contributed by atoms with Crippen molar-refractivity contribution in [2.45, 2.75) is 14.7 Å². The average molecular weight is 336 g/mol. The highest BCUT2D eigenvalue weighted by Crippen LogP contribution is 2.48. The summed E-state index contributed by atoms with van der Waals surface area (Å²) >= 11 is 1.45. The van der Waals surface area contributed by atoms with Crippen LogP contribution in [0.25, 0.3) is 0 Å². The first-order chi connectivity index (χ1) is 10.4. The monoisotopic (exact) mass is 336 g/mol. The number of anilines is 2. The van der Waals surface area contributed by atoms with Crippen molar-refractivity contribution in [2.24, 2.45) is 0 Å². The van der Waals surface area contributed by atoms with Gasteiger partial charge in [0.1, 0.15) is 5.75 Å². The molecule has 0 saturated carbocycles. The minimum atomic E-state index is -3.49. The molecule has 2 aromatic rings. The summed E-state index contributed by atoms with van der Waals surface area (Å²) in [4.78, 5) is 2.00. The van der Waals surface area contributed by atoms with Gasteiger partial charge in [0.2, 0.25) is 10.0 Å². The second-order valence-corrected chi connectivity index (χ2v) is 8.18. The predicted octanol–water partition coefficient (Wildman–Crippen LogP) is 3.15. The van der Waals surface area contributed by atoms with Gasteiger partial charge in [-0.3, -0.25) is 0 Å².